The van der Waals surface area contributed by atoms with Crippen LogP contribution >= 0.6 is 0 Å². The van der Waals surface area contributed by atoms with E-state index in [2.05, 4.69) is 5.32 Å². The summed E-state index contributed by atoms with van der Waals surface area (Å²) in [5.74, 6) is -0.265. The van der Waals surface area contributed by atoms with Gasteiger partial charge in [-0.05, 0) is 6.54 Å². The molecule has 0 unspecified atom stereocenters. The summed E-state index contributed by atoms with van der Waals surface area (Å²) >= 11 is 0. The Bertz CT molecular complexity index is 243. The molecular formula is C8H20N2O4S. The van der Waals surface area contributed by atoms with Crippen LogP contribution < -0.4 is 5.32 Å². The predicted octanol–water partition coefficient (Wildman–Crippen LogP) is -1.22. The van der Waals surface area contributed by atoms with Crippen LogP contribution in [0.2, 0.25) is 0 Å². The van der Waals surface area contributed by atoms with E-state index >= 15 is 0 Å². The molecule has 92 valence electrons. The van der Waals surface area contributed by atoms with Crippen molar-refractivity contribution in [1.29, 1.82) is 0 Å². The van der Waals surface area contributed by atoms with Gasteiger partial charge in [-0.25, -0.2) is 0 Å². The molecule has 0 fully saturated rings. The highest BCUT2D eigenvalue weighted by atomic mass is 32.2. The van der Waals surface area contributed by atoms with E-state index in [-0.39, 0.29) is 18.9 Å². The van der Waals surface area contributed by atoms with Gasteiger partial charge in [-0.2, -0.15) is 8.42 Å². The smallest absolute Gasteiger partial charge is 0.266 e. The Labute approximate surface area is 91.0 Å². The largest absolute Gasteiger partial charge is 0.395 e. The lowest BCUT2D eigenvalue weighted by Crippen LogP contribution is -2.35. The van der Waals surface area contributed by atoms with E-state index in [0.29, 0.717) is 13.1 Å². The van der Waals surface area contributed by atoms with E-state index < -0.39 is 10.1 Å². The lowest BCUT2D eigenvalue weighted by atomic mass is 10.4. The molecule has 0 rings (SSSR count). The molecule has 0 spiro atoms. The van der Waals surface area contributed by atoms with Crippen molar-refractivity contribution >= 4 is 10.1 Å². The Hall–Kier alpha value is -0.210. The van der Waals surface area contributed by atoms with Gasteiger partial charge >= 0.3 is 0 Å². The standard InChI is InChI=1S/C8H20N2O4S/c1-2-10(6-7-11)5-3-9-4-8-15(12,13)14/h9,11H,2-8H2,1H3,(H,12,13,14). The summed E-state index contributed by atoms with van der Waals surface area (Å²) < 4.78 is 29.2. The maximum atomic E-state index is 10.4. The molecule has 15 heavy (non-hydrogen) atoms. The molecule has 0 bridgehead atoms. The highest BCUT2D eigenvalue weighted by Gasteiger charge is 2.03. The van der Waals surface area contributed by atoms with Crippen LogP contribution in [0.15, 0.2) is 0 Å². The van der Waals surface area contributed by atoms with Gasteiger partial charge in [0.1, 0.15) is 0 Å². The summed E-state index contributed by atoms with van der Waals surface area (Å²) in [4.78, 5) is 2.04. The van der Waals surface area contributed by atoms with Crippen molar-refractivity contribution in [2.24, 2.45) is 0 Å². The average Bonchev–Trinajstić information content (AvgIpc) is 2.14. The van der Waals surface area contributed by atoms with Gasteiger partial charge in [0.25, 0.3) is 10.1 Å². The Morgan fingerprint density at radius 3 is 2.40 bits per heavy atom. The topological polar surface area (TPSA) is 89.9 Å². The summed E-state index contributed by atoms with van der Waals surface area (Å²) in [7, 11) is -3.86. The Balaban J connectivity index is 3.44. The number of hydrogen-bond acceptors (Lipinski definition) is 5. The molecule has 0 aliphatic carbocycles. The van der Waals surface area contributed by atoms with Gasteiger partial charge in [-0.15, -0.1) is 0 Å². The van der Waals surface area contributed by atoms with E-state index in [4.69, 9.17) is 9.66 Å². The molecular weight excluding hydrogens is 220 g/mol. The lowest BCUT2D eigenvalue weighted by molar-refractivity contribution is 0.202. The molecule has 0 atom stereocenters. The summed E-state index contributed by atoms with van der Waals surface area (Å²) in [5, 5.41) is 11.6. The predicted molar refractivity (Wildman–Crippen MR) is 58.5 cm³/mol. The molecule has 0 amide bonds. The first-order chi connectivity index (χ1) is 6.99. The van der Waals surface area contributed by atoms with Gasteiger partial charge in [-0.3, -0.25) is 4.55 Å². The van der Waals surface area contributed by atoms with Gasteiger partial charge in [0.05, 0.1) is 12.4 Å². The number of likely N-dealkylation sites (N-methyl/N-ethyl adjacent to an activating group) is 1. The average molecular weight is 240 g/mol. The quantitative estimate of drug-likeness (QED) is 0.346. The van der Waals surface area contributed by atoms with Gasteiger partial charge in [0.2, 0.25) is 0 Å². The summed E-state index contributed by atoms with van der Waals surface area (Å²) in [6.45, 7) is 5.23. The van der Waals surface area contributed by atoms with E-state index in [0.717, 1.165) is 13.1 Å². The number of hydrogen-bond donors (Lipinski definition) is 3. The fourth-order valence-corrected chi connectivity index (χ4v) is 1.54. The van der Waals surface area contributed by atoms with Crippen molar-refractivity contribution < 1.29 is 18.1 Å². The Morgan fingerprint density at radius 1 is 1.27 bits per heavy atom. The van der Waals surface area contributed by atoms with Gasteiger partial charge < -0.3 is 15.3 Å². The molecule has 3 N–H and O–H groups in total. The van der Waals surface area contributed by atoms with Crippen LogP contribution in [0.3, 0.4) is 0 Å². The van der Waals surface area contributed by atoms with Crippen LogP contribution in [0.25, 0.3) is 0 Å². The minimum Gasteiger partial charge on any atom is -0.395 e. The third-order valence-corrected chi connectivity index (χ3v) is 2.73. The molecule has 0 aromatic carbocycles. The molecule has 7 heteroatoms. The Morgan fingerprint density at radius 2 is 1.93 bits per heavy atom. The molecule has 6 nitrogen and oxygen atoms in total. The van der Waals surface area contributed by atoms with E-state index in [9.17, 15) is 8.42 Å². The van der Waals surface area contributed by atoms with Crippen molar-refractivity contribution in [1.82, 2.24) is 10.2 Å². The van der Waals surface area contributed by atoms with E-state index in [1.807, 2.05) is 11.8 Å². The van der Waals surface area contributed by atoms with Crippen molar-refractivity contribution in [3.8, 4) is 0 Å². The molecule has 0 aliphatic heterocycles. The molecule has 0 heterocycles. The lowest BCUT2D eigenvalue weighted by Gasteiger charge is -2.18. The molecule has 0 aliphatic rings. The second-order valence-electron chi connectivity index (χ2n) is 3.19. The maximum Gasteiger partial charge on any atom is 0.266 e. The van der Waals surface area contributed by atoms with Gasteiger partial charge in [-0.1, -0.05) is 6.92 Å². The van der Waals surface area contributed by atoms with Crippen LogP contribution in [0.1, 0.15) is 6.92 Å². The minimum atomic E-state index is -3.86. The zero-order valence-corrected chi connectivity index (χ0v) is 9.83. The van der Waals surface area contributed by atoms with Crippen LogP contribution in [0, 0.1) is 0 Å². The zero-order chi connectivity index (χ0) is 11.7. The fraction of sp³-hybridized carbons (Fsp3) is 1.00. The monoisotopic (exact) mass is 240 g/mol. The first-order valence-corrected chi connectivity index (χ1v) is 6.59. The number of rotatable bonds is 9. The van der Waals surface area contributed by atoms with E-state index in [1.165, 1.54) is 0 Å². The number of nitrogens with zero attached hydrogens (tertiary/aromatic N) is 1. The van der Waals surface area contributed by atoms with Crippen molar-refractivity contribution in [3.63, 3.8) is 0 Å². The second kappa shape index (κ2) is 8.00. The Kier molecular flexibility index (Phi) is 7.89. The SMILES string of the molecule is CCN(CCO)CCNCCS(=O)(=O)O. The van der Waals surface area contributed by atoms with Crippen LogP contribution in [-0.4, -0.2) is 68.1 Å². The minimum absolute atomic E-state index is 0.124. The van der Waals surface area contributed by atoms with Crippen molar-refractivity contribution in [3.05, 3.63) is 0 Å². The zero-order valence-electron chi connectivity index (χ0n) is 9.02. The third-order valence-electron chi connectivity index (χ3n) is 2.01. The molecule has 0 radical (unpaired) electrons. The normalized spacial score (nSPS) is 12.3. The highest BCUT2D eigenvalue weighted by Crippen LogP contribution is 1.85. The molecule has 0 saturated carbocycles. The first kappa shape index (κ1) is 14.8. The summed E-state index contributed by atoms with van der Waals surface area (Å²) in [5.41, 5.74) is 0. The van der Waals surface area contributed by atoms with Crippen LogP contribution in [0.5, 0.6) is 0 Å². The number of aliphatic hydroxyl groups excluding tert-OH is 1. The number of aliphatic hydroxyl groups is 1. The highest BCUT2D eigenvalue weighted by molar-refractivity contribution is 7.85. The maximum absolute atomic E-state index is 10.4. The number of nitrogens with one attached hydrogen (secondary N) is 1. The van der Waals surface area contributed by atoms with Crippen molar-refractivity contribution in [2.75, 3.05) is 45.1 Å². The first-order valence-electron chi connectivity index (χ1n) is 4.98. The fourth-order valence-electron chi connectivity index (χ4n) is 1.13. The second-order valence-corrected chi connectivity index (χ2v) is 4.77. The van der Waals surface area contributed by atoms with Gasteiger partial charge in [0, 0.05) is 26.2 Å². The van der Waals surface area contributed by atoms with Crippen molar-refractivity contribution in [2.45, 2.75) is 6.92 Å². The molecule has 0 aromatic heterocycles. The van der Waals surface area contributed by atoms with Crippen LogP contribution in [0.4, 0.5) is 0 Å². The van der Waals surface area contributed by atoms with E-state index in [1.54, 1.807) is 0 Å². The summed E-state index contributed by atoms with van der Waals surface area (Å²) in [6, 6.07) is 0. The van der Waals surface area contributed by atoms with Crippen LogP contribution in [-0.2, 0) is 10.1 Å². The third kappa shape index (κ3) is 10.1. The molecule has 0 saturated heterocycles. The summed E-state index contributed by atoms with van der Waals surface area (Å²) in [6.07, 6.45) is 0. The van der Waals surface area contributed by atoms with Gasteiger partial charge in [0.15, 0.2) is 0 Å². The molecule has 0 aromatic rings.